The third-order valence-electron chi connectivity index (χ3n) is 1.21. The molecule has 0 aromatic heterocycles. The lowest BCUT2D eigenvalue weighted by Crippen LogP contribution is -2.01. The standard InChI is InChI=1S/C9H16O2/c1-3-5-6-7-8-9(10)11-4-2/h6-7H,3-5,8H2,1-2H3/b7-6-. The third kappa shape index (κ3) is 7.10. The first-order valence-corrected chi connectivity index (χ1v) is 4.11. The van der Waals surface area contributed by atoms with E-state index in [0.29, 0.717) is 13.0 Å². The lowest BCUT2D eigenvalue weighted by molar-refractivity contribution is -0.142. The van der Waals surface area contributed by atoms with Crippen LogP contribution in [0.4, 0.5) is 0 Å². The van der Waals surface area contributed by atoms with Crippen molar-refractivity contribution in [3.05, 3.63) is 12.2 Å². The summed E-state index contributed by atoms with van der Waals surface area (Å²) in [6.45, 7) is 4.39. The molecule has 0 N–H and O–H groups in total. The molecule has 0 radical (unpaired) electrons. The van der Waals surface area contributed by atoms with E-state index in [-0.39, 0.29) is 5.97 Å². The van der Waals surface area contributed by atoms with Gasteiger partial charge in [-0.1, -0.05) is 25.5 Å². The molecule has 0 saturated heterocycles. The second-order valence-corrected chi connectivity index (χ2v) is 2.27. The van der Waals surface area contributed by atoms with E-state index in [0.717, 1.165) is 12.8 Å². The van der Waals surface area contributed by atoms with Crippen LogP contribution in [0.5, 0.6) is 0 Å². The molecule has 0 aromatic carbocycles. The van der Waals surface area contributed by atoms with Crippen LogP contribution in [-0.4, -0.2) is 12.6 Å². The van der Waals surface area contributed by atoms with Crippen LogP contribution in [0.25, 0.3) is 0 Å². The largest absolute Gasteiger partial charge is 0.466 e. The minimum atomic E-state index is -0.139. The summed E-state index contributed by atoms with van der Waals surface area (Å²) in [5, 5.41) is 0. The number of esters is 1. The van der Waals surface area contributed by atoms with Gasteiger partial charge < -0.3 is 4.74 Å². The zero-order chi connectivity index (χ0) is 8.53. The summed E-state index contributed by atoms with van der Waals surface area (Å²) in [6.07, 6.45) is 6.45. The van der Waals surface area contributed by atoms with E-state index in [9.17, 15) is 4.79 Å². The molecule has 0 saturated carbocycles. The molecule has 0 aliphatic carbocycles. The van der Waals surface area contributed by atoms with Crippen molar-refractivity contribution in [2.45, 2.75) is 33.1 Å². The number of rotatable bonds is 5. The van der Waals surface area contributed by atoms with Crippen molar-refractivity contribution in [1.82, 2.24) is 0 Å². The zero-order valence-electron chi connectivity index (χ0n) is 7.30. The lowest BCUT2D eigenvalue weighted by Gasteiger charge is -1.95. The van der Waals surface area contributed by atoms with E-state index in [2.05, 4.69) is 6.92 Å². The van der Waals surface area contributed by atoms with Gasteiger partial charge in [-0.25, -0.2) is 0 Å². The fourth-order valence-corrected chi connectivity index (χ4v) is 0.684. The van der Waals surface area contributed by atoms with Crippen LogP contribution in [0, 0.1) is 0 Å². The average molecular weight is 156 g/mol. The van der Waals surface area contributed by atoms with Crippen molar-refractivity contribution < 1.29 is 9.53 Å². The van der Waals surface area contributed by atoms with Crippen LogP contribution < -0.4 is 0 Å². The van der Waals surface area contributed by atoms with E-state index >= 15 is 0 Å². The molecule has 0 aliphatic heterocycles. The maximum Gasteiger partial charge on any atom is 0.309 e. The Morgan fingerprint density at radius 2 is 2.09 bits per heavy atom. The minimum absolute atomic E-state index is 0.139. The summed E-state index contributed by atoms with van der Waals surface area (Å²) in [5.74, 6) is -0.139. The van der Waals surface area contributed by atoms with Gasteiger partial charge in [-0.2, -0.15) is 0 Å². The van der Waals surface area contributed by atoms with Crippen molar-refractivity contribution in [3.63, 3.8) is 0 Å². The molecule has 0 spiro atoms. The average Bonchev–Trinajstić information content (AvgIpc) is 1.99. The maximum atomic E-state index is 10.7. The highest BCUT2D eigenvalue weighted by Gasteiger charge is 1.94. The van der Waals surface area contributed by atoms with Gasteiger partial charge in [0, 0.05) is 0 Å². The molecule has 0 amide bonds. The summed E-state index contributed by atoms with van der Waals surface area (Å²) in [5.41, 5.74) is 0. The van der Waals surface area contributed by atoms with E-state index in [1.54, 1.807) is 0 Å². The number of hydrogen-bond acceptors (Lipinski definition) is 2. The second-order valence-electron chi connectivity index (χ2n) is 2.27. The Hall–Kier alpha value is -0.790. The summed E-state index contributed by atoms with van der Waals surface area (Å²) >= 11 is 0. The van der Waals surface area contributed by atoms with Gasteiger partial charge >= 0.3 is 5.97 Å². The number of hydrogen-bond donors (Lipinski definition) is 0. The van der Waals surface area contributed by atoms with Gasteiger partial charge in [0.15, 0.2) is 0 Å². The van der Waals surface area contributed by atoms with Gasteiger partial charge in [0.1, 0.15) is 0 Å². The normalized spacial score (nSPS) is 10.4. The zero-order valence-corrected chi connectivity index (χ0v) is 7.30. The molecule has 0 aromatic rings. The van der Waals surface area contributed by atoms with Crippen LogP contribution in [0.15, 0.2) is 12.2 Å². The molecule has 11 heavy (non-hydrogen) atoms. The highest BCUT2D eigenvalue weighted by atomic mass is 16.5. The van der Waals surface area contributed by atoms with Crippen LogP contribution in [0.1, 0.15) is 33.1 Å². The Bertz CT molecular complexity index is 128. The van der Waals surface area contributed by atoms with Crippen LogP contribution in [-0.2, 0) is 9.53 Å². The smallest absolute Gasteiger partial charge is 0.309 e. The van der Waals surface area contributed by atoms with Crippen LogP contribution in [0.3, 0.4) is 0 Å². The van der Waals surface area contributed by atoms with Crippen molar-refractivity contribution in [1.29, 1.82) is 0 Å². The predicted molar refractivity (Wildman–Crippen MR) is 45.3 cm³/mol. The first-order valence-electron chi connectivity index (χ1n) is 4.11. The summed E-state index contributed by atoms with van der Waals surface area (Å²) in [6, 6.07) is 0. The van der Waals surface area contributed by atoms with E-state index in [1.807, 2.05) is 19.1 Å². The molecule has 0 unspecified atom stereocenters. The molecule has 64 valence electrons. The maximum absolute atomic E-state index is 10.7. The highest BCUT2D eigenvalue weighted by molar-refractivity contribution is 5.71. The fourth-order valence-electron chi connectivity index (χ4n) is 0.684. The molecular formula is C9H16O2. The van der Waals surface area contributed by atoms with E-state index in [1.165, 1.54) is 0 Å². The molecular weight excluding hydrogens is 140 g/mol. The van der Waals surface area contributed by atoms with Crippen LogP contribution >= 0.6 is 0 Å². The molecule has 0 bridgehead atoms. The van der Waals surface area contributed by atoms with E-state index < -0.39 is 0 Å². The second kappa shape index (κ2) is 7.32. The lowest BCUT2D eigenvalue weighted by atomic mass is 10.3. The summed E-state index contributed by atoms with van der Waals surface area (Å²) in [7, 11) is 0. The quantitative estimate of drug-likeness (QED) is 0.451. The van der Waals surface area contributed by atoms with Gasteiger partial charge in [-0.15, -0.1) is 0 Å². The Labute approximate surface area is 68.2 Å². The Balaban J connectivity index is 3.29. The van der Waals surface area contributed by atoms with Gasteiger partial charge in [0.2, 0.25) is 0 Å². The Morgan fingerprint density at radius 3 is 2.64 bits per heavy atom. The molecule has 0 fully saturated rings. The van der Waals surface area contributed by atoms with Crippen molar-refractivity contribution in [2.75, 3.05) is 6.61 Å². The number of allylic oxidation sites excluding steroid dienone is 1. The topological polar surface area (TPSA) is 26.3 Å². The van der Waals surface area contributed by atoms with Crippen molar-refractivity contribution >= 4 is 5.97 Å². The molecule has 2 heteroatoms. The van der Waals surface area contributed by atoms with E-state index in [4.69, 9.17) is 4.74 Å². The van der Waals surface area contributed by atoms with Gasteiger partial charge in [-0.05, 0) is 13.3 Å². The summed E-state index contributed by atoms with van der Waals surface area (Å²) in [4.78, 5) is 10.7. The first-order chi connectivity index (χ1) is 5.31. The molecule has 0 atom stereocenters. The number of ether oxygens (including phenoxy) is 1. The SMILES string of the molecule is CCC/C=C\CC(=O)OCC. The van der Waals surface area contributed by atoms with Crippen molar-refractivity contribution in [2.24, 2.45) is 0 Å². The highest BCUT2D eigenvalue weighted by Crippen LogP contribution is 1.92. The third-order valence-corrected chi connectivity index (χ3v) is 1.21. The summed E-state index contributed by atoms with van der Waals surface area (Å²) < 4.78 is 4.73. The first kappa shape index (κ1) is 10.2. The molecule has 0 rings (SSSR count). The van der Waals surface area contributed by atoms with Gasteiger partial charge in [0.05, 0.1) is 13.0 Å². The van der Waals surface area contributed by atoms with Gasteiger partial charge in [0.25, 0.3) is 0 Å². The van der Waals surface area contributed by atoms with Crippen LogP contribution in [0.2, 0.25) is 0 Å². The van der Waals surface area contributed by atoms with Gasteiger partial charge in [-0.3, -0.25) is 4.79 Å². The fraction of sp³-hybridized carbons (Fsp3) is 0.667. The molecule has 2 nitrogen and oxygen atoms in total. The number of carbonyl (C=O) groups is 1. The van der Waals surface area contributed by atoms with Crippen molar-refractivity contribution in [3.8, 4) is 0 Å². The number of unbranched alkanes of at least 4 members (excludes halogenated alkanes) is 1. The Kier molecular flexibility index (Phi) is 6.79. The monoisotopic (exact) mass is 156 g/mol. The predicted octanol–water partition coefficient (Wildman–Crippen LogP) is 2.30. The Morgan fingerprint density at radius 1 is 1.36 bits per heavy atom. The molecule has 0 aliphatic rings. The molecule has 0 heterocycles. The number of carbonyl (C=O) groups excluding carboxylic acids is 1. The minimum Gasteiger partial charge on any atom is -0.466 e.